The van der Waals surface area contributed by atoms with Crippen molar-refractivity contribution in [3.8, 4) is 0 Å². The third-order valence-electron chi connectivity index (χ3n) is 8.73. The van der Waals surface area contributed by atoms with E-state index in [-0.39, 0.29) is 31.0 Å². The summed E-state index contributed by atoms with van der Waals surface area (Å²) in [4.78, 5) is 43.1. The van der Waals surface area contributed by atoms with Gasteiger partial charge in [0, 0.05) is 11.8 Å². The van der Waals surface area contributed by atoms with E-state index in [0.29, 0.717) is 12.8 Å². The first kappa shape index (κ1) is 25.8. The summed E-state index contributed by atoms with van der Waals surface area (Å²) in [6, 6.07) is 15.7. The van der Waals surface area contributed by atoms with E-state index >= 15 is 0 Å². The molecule has 3 saturated heterocycles. The number of hydrogen-bond donors (Lipinski definition) is 3. The maximum atomic E-state index is 14.3. The lowest BCUT2D eigenvalue weighted by atomic mass is 9.66. The first-order valence-corrected chi connectivity index (χ1v) is 14.1. The molecule has 6 atom stereocenters. The number of aliphatic hydroxyl groups is 1. The number of nitrogens with zero attached hydrogens (tertiary/aromatic N) is 4. The van der Waals surface area contributed by atoms with E-state index < -0.39 is 33.4 Å². The van der Waals surface area contributed by atoms with Gasteiger partial charge in [-0.25, -0.2) is 4.68 Å². The molecule has 204 valence electrons. The van der Waals surface area contributed by atoms with Crippen LogP contribution in [0, 0.1) is 11.8 Å². The third kappa shape index (κ3) is 3.93. The largest absolute Gasteiger partial charge is 0.394 e. The number of benzene rings is 2. The zero-order valence-electron chi connectivity index (χ0n) is 21.9. The Bertz CT molecular complexity index is 1430. The quantitative estimate of drug-likeness (QED) is 0.387. The van der Waals surface area contributed by atoms with Crippen LogP contribution in [0.1, 0.15) is 25.3 Å². The number of para-hydroxylation sites is 1. The summed E-state index contributed by atoms with van der Waals surface area (Å²) in [5, 5.41) is 24.6. The Balaban J connectivity index is 1.37. The van der Waals surface area contributed by atoms with Crippen molar-refractivity contribution in [3.05, 3.63) is 60.2 Å². The molecular formula is C28H32N6O4S. The van der Waals surface area contributed by atoms with Crippen molar-refractivity contribution < 1.29 is 19.5 Å². The molecule has 3 aliphatic heterocycles. The van der Waals surface area contributed by atoms with Crippen molar-refractivity contribution in [2.75, 3.05) is 13.7 Å². The Hall–Kier alpha value is -3.44. The van der Waals surface area contributed by atoms with Crippen molar-refractivity contribution in [2.24, 2.45) is 11.8 Å². The molecule has 10 nitrogen and oxygen atoms in total. The highest BCUT2D eigenvalue weighted by Gasteiger charge is 2.77. The Morgan fingerprint density at radius 1 is 1.13 bits per heavy atom. The lowest BCUT2D eigenvalue weighted by Gasteiger charge is -2.37. The monoisotopic (exact) mass is 548 g/mol. The molecule has 3 aliphatic rings. The number of rotatable bonds is 8. The molecule has 0 aliphatic carbocycles. The van der Waals surface area contributed by atoms with Crippen LogP contribution in [0.15, 0.2) is 54.6 Å². The van der Waals surface area contributed by atoms with Gasteiger partial charge in [-0.15, -0.1) is 16.9 Å². The minimum absolute atomic E-state index is 0.0852. The fraction of sp³-hybridized carbons (Fsp3) is 0.464. The van der Waals surface area contributed by atoms with Crippen LogP contribution in [0.5, 0.6) is 0 Å². The fourth-order valence-electron chi connectivity index (χ4n) is 7.03. The summed E-state index contributed by atoms with van der Waals surface area (Å²) in [5.41, 5.74) is 2.46. The number of hydrogen-bond acceptors (Lipinski definition) is 7. The van der Waals surface area contributed by atoms with Crippen molar-refractivity contribution in [3.63, 3.8) is 0 Å². The maximum Gasteiger partial charge on any atom is 0.245 e. The minimum Gasteiger partial charge on any atom is -0.394 e. The Kier molecular flexibility index (Phi) is 6.38. The second-order valence-corrected chi connectivity index (χ2v) is 12.8. The average molecular weight is 549 g/mol. The lowest BCUT2D eigenvalue weighted by molar-refractivity contribution is -0.143. The maximum absolute atomic E-state index is 14.3. The molecule has 3 amide bonds. The van der Waals surface area contributed by atoms with Crippen LogP contribution >= 0.6 is 11.8 Å². The molecule has 1 aromatic heterocycles. The predicted octanol–water partition coefficient (Wildman–Crippen LogP) is 1.34. The Labute approximate surface area is 230 Å². The molecule has 39 heavy (non-hydrogen) atoms. The molecule has 4 heterocycles. The van der Waals surface area contributed by atoms with Gasteiger partial charge < -0.3 is 20.6 Å². The van der Waals surface area contributed by atoms with E-state index in [9.17, 15) is 19.5 Å². The molecule has 2 aromatic carbocycles. The number of likely N-dealkylation sites (tertiary alicyclic amines) is 1. The van der Waals surface area contributed by atoms with Gasteiger partial charge in [0.15, 0.2) is 0 Å². The van der Waals surface area contributed by atoms with Gasteiger partial charge in [0.1, 0.15) is 18.2 Å². The van der Waals surface area contributed by atoms with Gasteiger partial charge in [-0.2, -0.15) is 0 Å². The van der Waals surface area contributed by atoms with Crippen LogP contribution in [0.4, 0.5) is 0 Å². The number of amides is 3. The summed E-state index contributed by atoms with van der Waals surface area (Å²) in [5.74, 6) is -1.92. The molecule has 2 bridgehead atoms. The van der Waals surface area contributed by atoms with E-state index in [0.717, 1.165) is 23.0 Å². The molecule has 6 rings (SSSR count). The molecule has 0 radical (unpaired) electrons. The molecule has 2 unspecified atom stereocenters. The van der Waals surface area contributed by atoms with Crippen LogP contribution in [0.25, 0.3) is 11.0 Å². The minimum atomic E-state index is -0.841. The van der Waals surface area contributed by atoms with E-state index in [1.807, 2.05) is 61.5 Å². The van der Waals surface area contributed by atoms with Crippen LogP contribution in [-0.4, -0.2) is 78.0 Å². The standard InChI is InChI=1S/C28H32N6O4S/c1-27-12-13-28(39-27)22(21(27)24(36)29-2)26(38)34(18(15-35)14-17-8-4-3-5-9-17)23(28)25(37)30-16-33-20-11-7-6-10-19(20)31-32-33/h3-11,18,21-23,35H,12-16H2,1-2H3,(H,29,36)(H,30,37)/t18-,21-,22+,23?,27+,28?/m1/s1. The fourth-order valence-corrected chi connectivity index (χ4v) is 9.38. The van der Waals surface area contributed by atoms with Crippen molar-refractivity contribution in [1.82, 2.24) is 30.5 Å². The molecule has 11 heteroatoms. The molecule has 3 N–H and O–H groups in total. The zero-order chi connectivity index (χ0) is 27.4. The summed E-state index contributed by atoms with van der Waals surface area (Å²) in [6.45, 7) is 1.82. The van der Waals surface area contributed by atoms with Crippen molar-refractivity contribution >= 4 is 40.5 Å². The summed E-state index contributed by atoms with van der Waals surface area (Å²) >= 11 is 1.61. The first-order valence-electron chi connectivity index (χ1n) is 13.3. The van der Waals surface area contributed by atoms with Crippen LogP contribution in [0.2, 0.25) is 0 Å². The van der Waals surface area contributed by atoms with Crippen LogP contribution in [0.3, 0.4) is 0 Å². The summed E-state index contributed by atoms with van der Waals surface area (Å²) in [7, 11) is 1.59. The van der Waals surface area contributed by atoms with Gasteiger partial charge in [-0.05, 0) is 43.9 Å². The number of aromatic nitrogens is 3. The number of carbonyl (C=O) groups excluding carboxylic acids is 3. The highest BCUT2D eigenvalue weighted by atomic mass is 32.2. The number of aliphatic hydroxyl groups excluding tert-OH is 1. The molecule has 0 saturated carbocycles. The first-order chi connectivity index (χ1) is 18.8. The van der Waals surface area contributed by atoms with Gasteiger partial charge in [0.05, 0.1) is 34.7 Å². The second-order valence-electron chi connectivity index (χ2n) is 10.9. The molecule has 1 spiro atoms. The van der Waals surface area contributed by atoms with Crippen molar-refractivity contribution in [2.45, 2.75) is 54.4 Å². The van der Waals surface area contributed by atoms with Gasteiger partial charge in [0.25, 0.3) is 0 Å². The van der Waals surface area contributed by atoms with Crippen molar-refractivity contribution in [1.29, 1.82) is 0 Å². The number of carbonyl (C=O) groups is 3. The number of nitrogens with one attached hydrogen (secondary N) is 2. The Morgan fingerprint density at radius 2 is 1.87 bits per heavy atom. The highest BCUT2D eigenvalue weighted by Crippen LogP contribution is 2.71. The average Bonchev–Trinajstić information content (AvgIpc) is 3.66. The van der Waals surface area contributed by atoms with Crippen LogP contribution in [-0.2, 0) is 27.5 Å². The SMILES string of the molecule is CNC(=O)[C@H]1[C@H]2C(=O)N([C@@H](CO)Cc3ccccc3)C(C(=O)NCn3nnc4ccccc43)C23CC[C@]1(C)S3. The van der Waals surface area contributed by atoms with E-state index in [4.69, 9.17) is 0 Å². The molecule has 3 aromatic rings. The van der Waals surface area contributed by atoms with Gasteiger partial charge in [-0.3, -0.25) is 14.4 Å². The zero-order valence-corrected chi connectivity index (χ0v) is 22.7. The molecule has 3 fully saturated rings. The normalized spacial score (nSPS) is 30.0. The van der Waals surface area contributed by atoms with E-state index in [1.54, 1.807) is 28.4 Å². The van der Waals surface area contributed by atoms with E-state index in [1.165, 1.54) is 0 Å². The lowest BCUT2D eigenvalue weighted by Crippen LogP contribution is -2.57. The second kappa shape index (κ2) is 9.63. The number of thioether (sulfide) groups is 1. The predicted molar refractivity (Wildman–Crippen MR) is 146 cm³/mol. The van der Waals surface area contributed by atoms with E-state index in [2.05, 4.69) is 20.9 Å². The summed E-state index contributed by atoms with van der Waals surface area (Å²) in [6.07, 6.45) is 1.77. The Morgan fingerprint density at radius 3 is 2.62 bits per heavy atom. The van der Waals surface area contributed by atoms with Crippen LogP contribution < -0.4 is 10.6 Å². The topological polar surface area (TPSA) is 129 Å². The summed E-state index contributed by atoms with van der Waals surface area (Å²) < 4.78 is 0.411. The third-order valence-corrected chi connectivity index (χ3v) is 10.7. The van der Waals surface area contributed by atoms with Gasteiger partial charge in [-0.1, -0.05) is 47.7 Å². The smallest absolute Gasteiger partial charge is 0.245 e. The highest BCUT2D eigenvalue weighted by molar-refractivity contribution is 8.02. The van der Waals surface area contributed by atoms with Gasteiger partial charge in [0.2, 0.25) is 17.7 Å². The molecular weight excluding hydrogens is 516 g/mol. The van der Waals surface area contributed by atoms with Gasteiger partial charge >= 0.3 is 0 Å². The number of fused-ring (bicyclic) bond motifs is 2.